The van der Waals surface area contributed by atoms with Crippen LogP contribution in [-0.4, -0.2) is 6.16 Å². The third kappa shape index (κ3) is 4.10. The molecule has 0 spiro atoms. The quantitative estimate of drug-likeness (QED) is 0.505. The summed E-state index contributed by atoms with van der Waals surface area (Å²) in [6, 6.07) is 9.64. The monoisotopic (exact) mass is 363 g/mol. The standard InChI is InChI=1S/C17H14F6P/c1-2-11-24(14-9-5-3-7-12(14)16(18,19)20)15-10-6-4-8-13(15)17(21,22)23/h3-10H,1-2,11H2. The summed E-state index contributed by atoms with van der Waals surface area (Å²) in [5.41, 5.74) is -1.77. The molecular weight excluding hydrogens is 349 g/mol. The highest BCUT2D eigenvalue weighted by Gasteiger charge is 2.38. The Labute approximate surface area is 137 Å². The molecular formula is C17H14F6P. The smallest absolute Gasteiger partial charge is 0.166 e. The number of hydrogen-bond acceptors (Lipinski definition) is 0. The molecule has 0 unspecified atom stereocenters. The lowest BCUT2D eigenvalue weighted by Gasteiger charge is -2.25. The van der Waals surface area contributed by atoms with Crippen molar-refractivity contribution in [1.29, 1.82) is 0 Å². The van der Waals surface area contributed by atoms with E-state index in [-0.39, 0.29) is 23.2 Å². The normalized spacial score (nSPS) is 12.7. The molecule has 0 aliphatic carbocycles. The van der Waals surface area contributed by atoms with Crippen molar-refractivity contribution < 1.29 is 26.3 Å². The molecule has 2 aromatic rings. The van der Waals surface area contributed by atoms with Crippen LogP contribution in [0.2, 0.25) is 0 Å². The number of halogens is 6. The fourth-order valence-corrected chi connectivity index (χ4v) is 5.00. The zero-order valence-electron chi connectivity index (χ0n) is 12.5. The lowest BCUT2D eigenvalue weighted by Crippen LogP contribution is -2.27. The highest BCUT2D eigenvalue weighted by Crippen LogP contribution is 2.43. The minimum absolute atomic E-state index is 0.0969. The Bertz CT molecular complexity index is 632. The first kappa shape index (κ1) is 18.8. The van der Waals surface area contributed by atoms with Crippen LogP contribution in [0.4, 0.5) is 26.3 Å². The van der Waals surface area contributed by atoms with Crippen molar-refractivity contribution in [2.24, 2.45) is 0 Å². The molecule has 0 aromatic heterocycles. The van der Waals surface area contributed by atoms with Crippen molar-refractivity contribution in [1.82, 2.24) is 0 Å². The maximum Gasteiger partial charge on any atom is 0.417 e. The molecule has 0 nitrogen and oxygen atoms in total. The van der Waals surface area contributed by atoms with Crippen molar-refractivity contribution in [2.45, 2.75) is 18.8 Å². The summed E-state index contributed by atoms with van der Waals surface area (Å²) < 4.78 is 79.6. The van der Waals surface area contributed by atoms with Gasteiger partial charge in [0.25, 0.3) is 0 Å². The summed E-state index contributed by atoms with van der Waals surface area (Å²) in [4.78, 5) is 0. The van der Waals surface area contributed by atoms with Crippen LogP contribution >= 0.6 is 7.92 Å². The van der Waals surface area contributed by atoms with Gasteiger partial charge in [-0.15, -0.1) is 0 Å². The van der Waals surface area contributed by atoms with Crippen molar-refractivity contribution in [3.63, 3.8) is 0 Å². The first-order valence-corrected chi connectivity index (χ1v) is 8.58. The largest absolute Gasteiger partial charge is 0.417 e. The van der Waals surface area contributed by atoms with Crippen LogP contribution in [0.1, 0.15) is 17.5 Å². The van der Waals surface area contributed by atoms with Gasteiger partial charge in [-0.25, -0.2) is 0 Å². The first-order chi connectivity index (χ1) is 11.2. The Morgan fingerprint density at radius 1 is 0.708 bits per heavy atom. The van der Waals surface area contributed by atoms with Crippen LogP contribution in [0.5, 0.6) is 0 Å². The van der Waals surface area contributed by atoms with Gasteiger partial charge in [-0.1, -0.05) is 43.3 Å². The van der Waals surface area contributed by atoms with Gasteiger partial charge < -0.3 is 0 Å². The summed E-state index contributed by atoms with van der Waals surface area (Å²) in [6.07, 6.45) is -8.85. The predicted molar refractivity (Wildman–Crippen MR) is 83.9 cm³/mol. The van der Waals surface area contributed by atoms with Gasteiger partial charge in [-0.2, -0.15) is 26.3 Å². The van der Waals surface area contributed by atoms with Crippen LogP contribution in [0.3, 0.4) is 0 Å². The van der Waals surface area contributed by atoms with E-state index in [0.29, 0.717) is 0 Å². The second kappa shape index (κ2) is 7.14. The number of rotatable bonds is 4. The van der Waals surface area contributed by atoms with Gasteiger partial charge in [-0.3, -0.25) is 0 Å². The van der Waals surface area contributed by atoms with E-state index in [1.807, 2.05) is 0 Å². The van der Waals surface area contributed by atoms with Gasteiger partial charge in [-0.05, 0) is 43.2 Å². The van der Waals surface area contributed by atoms with Crippen LogP contribution in [0.15, 0.2) is 48.5 Å². The highest BCUT2D eigenvalue weighted by atomic mass is 31.1. The zero-order valence-corrected chi connectivity index (χ0v) is 13.3. The van der Waals surface area contributed by atoms with Gasteiger partial charge in [0.15, 0.2) is 0 Å². The molecule has 129 valence electrons. The van der Waals surface area contributed by atoms with E-state index < -0.39 is 31.4 Å². The Balaban J connectivity index is 2.66. The van der Waals surface area contributed by atoms with Crippen molar-refractivity contribution >= 4 is 18.5 Å². The van der Waals surface area contributed by atoms with Crippen molar-refractivity contribution in [2.75, 3.05) is 6.16 Å². The molecule has 0 heterocycles. The third-order valence-electron chi connectivity index (χ3n) is 3.38. The number of alkyl halides is 6. The third-order valence-corrected chi connectivity index (χ3v) is 6.09. The van der Waals surface area contributed by atoms with E-state index in [2.05, 4.69) is 6.92 Å². The fourth-order valence-electron chi connectivity index (χ4n) is 2.43. The molecule has 0 N–H and O–H groups in total. The van der Waals surface area contributed by atoms with E-state index in [9.17, 15) is 26.3 Å². The average Bonchev–Trinajstić information content (AvgIpc) is 2.51. The van der Waals surface area contributed by atoms with Crippen molar-refractivity contribution in [3.8, 4) is 0 Å². The minimum atomic E-state index is -4.62. The molecule has 0 saturated carbocycles. The molecule has 24 heavy (non-hydrogen) atoms. The van der Waals surface area contributed by atoms with Crippen molar-refractivity contribution in [3.05, 3.63) is 66.6 Å². The maximum atomic E-state index is 13.3. The Kier molecular flexibility index (Phi) is 5.59. The highest BCUT2D eigenvalue weighted by molar-refractivity contribution is 7.73. The molecule has 0 fully saturated rings. The summed E-state index contributed by atoms with van der Waals surface area (Å²) in [6.45, 7) is 3.61. The number of hydrogen-bond donors (Lipinski definition) is 0. The van der Waals surface area contributed by atoms with Crippen LogP contribution in [0, 0.1) is 6.92 Å². The molecule has 2 rings (SSSR count). The second-order valence-corrected chi connectivity index (χ2v) is 7.30. The summed E-state index contributed by atoms with van der Waals surface area (Å²) >= 11 is 0. The van der Waals surface area contributed by atoms with Crippen LogP contribution in [0.25, 0.3) is 0 Å². The van der Waals surface area contributed by atoms with Gasteiger partial charge in [0.2, 0.25) is 0 Å². The molecule has 0 bridgehead atoms. The molecule has 0 atom stereocenters. The van der Waals surface area contributed by atoms with E-state index in [1.54, 1.807) is 0 Å². The fraction of sp³-hybridized carbons (Fsp3) is 0.235. The Morgan fingerprint density at radius 3 is 1.42 bits per heavy atom. The molecule has 0 aliphatic rings. The average molecular weight is 363 g/mol. The Hall–Kier alpha value is -1.55. The molecule has 2 aromatic carbocycles. The predicted octanol–water partition coefficient (Wildman–Crippen LogP) is 5.38. The van der Waals surface area contributed by atoms with E-state index in [4.69, 9.17) is 0 Å². The molecule has 7 heteroatoms. The lowest BCUT2D eigenvalue weighted by atomic mass is 10.2. The molecule has 0 saturated heterocycles. The van der Waals surface area contributed by atoms with Crippen LogP contribution < -0.4 is 10.6 Å². The summed E-state index contributed by atoms with van der Waals surface area (Å²) in [7, 11) is -1.82. The van der Waals surface area contributed by atoms with Gasteiger partial charge in [0.05, 0.1) is 11.1 Å². The molecule has 0 amide bonds. The van der Waals surface area contributed by atoms with E-state index in [1.165, 1.54) is 36.4 Å². The first-order valence-electron chi connectivity index (χ1n) is 7.05. The molecule has 0 aliphatic heterocycles. The molecule has 1 radical (unpaired) electrons. The van der Waals surface area contributed by atoms with Gasteiger partial charge >= 0.3 is 12.4 Å². The second-order valence-electron chi connectivity index (χ2n) is 5.04. The van der Waals surface area contributed by atoms with Crippen LogP contribution in [-0.2, 0) is 12.4 Å². The topological polar surface area (TPSA) is 0 Å². The maximum absolute atomic E-state index is 13.3. The SMILES string of the molecule is [CH2]CCP(c1ccccc1C(F)(F)F)c1ccccc1C(F)(F)F. The lowest BCUT2D eigenvalue weighted by molar-refractivity contribution is -0.137. The zero-order chi connectivity index (χ0) is 18.0. The Morgan fingerprint density at radius 2 is 1.08 bits per heavy atom. The summed E-state index contributed by atoms with van der Waals surface area (Å²) in [5.74, 6) is 0. The number of benzene rings is 2. The van der Waals surface area contributed by atoms with Gasteiger partial charge in [0.1, 0.15) is 0 Å². The van der Waals surface area contributed by atoms with E-state index >= 15 is 0 Å². The summed E-state index contributed by atoms with van der Waals surface area (Å²) in [5, 5.41) is -0.194. The van der Waals surface area contributed by atoms with E-state index in [0.717, 1.165) is 12.1 Å². The van der Waals surface area contributed by atoms with Gasteiger partial charge in [0, 0.05) is 0 Å². The minimum Gasteiger partial charge on any atom is -0.166 e.